The Labute approximate surface area is 135 Å². The summed E-state index contributed by atoms with van der Waals surface area (Å²) in [6.07, 6.45) is 2.67. The minimum atomic E-state index is -0.652. The van der Waals surface area contributed by atoms with Crippen LogP contribution in [0.3, 0.4) is 0 Å². The van der Waals surface area contributed by atoms with Gasteiger partial charge in [-0.15, -0.1) is 5.10 Å². The number of esters is 1. The monoisotopic (exact) mass is 325 g/mol. The first-order valence-corrected chi connectivity index (χ1v) is 7.06. The number of rotatable bonds is 4. The zero-order chi connectivity index (χ0) is 16.9. The maximum atomic E-state index is 12.8. The number of carbonyl (C=O) groups excluding carboxylic acids is 1. The molecular formula is C17H12FN3O3. The Morgan fingerprint density at radius 3 is 2.71 bits per heavy atom. The zero-order valence-electron chi connectivity index (χ0n) is 12.4. The van der Waals surface area contributed by atoms with Crippen molar-refractivity contribution in [3.8, 4) is 0 Å². The quantitative estimate of drug-likeness (QED) is 0.543. The molecule has 1 aromatic heterocycles. The molecule has 0 saturated carbocycles. The van der Waals surface area contributed by atoms with Crippen LogP contribution in [-0.2, 0) is 16.3 Å². The average Bonchev–Trinajstić information content (AvgIpc) is 2.61. The van der Waals surface area contributed by atoms with Crippen LogP contribution in [0.2, 0.25) is 0 Å². The molecule has 0 atom stereocenters. The van der Waals surface area contributed by atoms with Gasteiger partial charge in [-0.3, -0.25) is 4.79 Å². The van der Waals surface area contributed by atoms with Crippen molar-refractivity contribution in [3.05, 3.63) is 76.3 Å². The Morgan fingerprint density at radius 2 is 1.92 bits per heavy atom. The van der Waals surface area contributed by atoms with Crippen molar-refractivity contribution >= 4 is 22.9 Å². The van der Waals surface area contributed by atoms with Gasteiger partial charge in [0, 0.05) is 6.08 Å². The molecule has 0 aliphatic rings. The van der Waals surface area contributed by atoms with E-state index in [1.807, 2.05) is 0 Å². The van der Waals surface area contributed by atoms with Gasteiger partial charge in [-0.25, -0.2) is 9.18 Å². The maximum absolute atomic E-state index is 12.8. The lowest BCUT2D eigenvalue weighted by atomic mass is 10.2. The van der Waals surface area contributed by atoms with Gasteiger partial charge in [-0.05, 0) is 35.9 Å². The number of carbonyl (C=O) groups is 1. The normalized spacial score (nSPS) is 11.0. The summed E-state index contributed by atoms with van der Waals surface area (Å²) in [6.45, 7) is -0.344. The molecule has 24 heavy (non-hydrogen) atoms. The molecule has 0 amide bonds. The molecule has 0 N–H and O–H groups in total. The van der Waals surface area contributed by atoms with E-state index in [2.05, 4.69) is 10.3 Å². The number of benzene rings is 2. The van der Waals surface area contributed by atoms with Gasteiger partial charge in [0.2, 0.25) is 0 Å². The summed E-state index contributed by atoms with van der Waals surface area (Å²) in [5.41, 5.74) is 0.730. The van der Waals surface area contributed by atoms with Crippen LogP contribution in [0, 0.1) is 5.82 Å². The fourth-order valence-corrected chi connectivity index (χ4v) is 2.02. The molecular weight excluding hydrogens is 313 g/mol. The Bertz CT molecular complexity index is 965. The minimum Gasteiger partial charge on any atom is -0.439 e. The lowest BCUT2D eigenvalue weighted by molar-refractivity contribution is -0.141. The number of halogens is 1. The van der Waals surface area contributed by atoms with Gasteiger partial charge in [0.25, 0.3) is 5.56 Å². The van der Waals surface area contributed by atoms with Crippen molar-refractivity contribution in [2.75, 3.05) is 0 Å². The topological polar surface area (TPSA) is 74.1 Å². The lowest BCUT2D eigenvalue weighted by Crippen LogP contribution is -2.26. The summed E-state index contributed by atoms with van der Waals surface area (Å²) in [4.78, 5) is 23.9. The number of hydrogen-bond donors (Lipinski definition) is 0. The molecule has 0 bridgehead atoms. The molecule has 2 aromatic carbocycles. The summed E-state index contributed by atoms with van der Waals surface area (Å²) in [5.74, 6) is -1.01. The third kappa shape index (κ3) is 3.52. The molecule has 0 radical (unpaired) electrons. The summed E-state index contributed by atoms with van der Waals surface area (Å²) in [7, 11) is 0. The standard InChI is InChI=1S/C17H12FN3O3/c18-13-8-5-12(6-9-13)7-10-16(22)24-11-21-17(23)14-3-1-2-4-15(14)19-20-21/h1-10H,11H2. The third-order valence-corrected chi connectivity index (χ3v) is 3.24. The number of aromatic nitrogens is 3. The van der Waals surface area contributed by atoms with E-state index in [-0.39, 0.29) is 12.5 Å². The van der Waals surface area contributed by atoms with Crippen LogP contribution in [-0.4, -0.2) is 21.0 Å². The second-order valence-corrected chi connectivity index (χ2v) is 4.89. The highest BCUT2D eigenvalue weighted by Gasteiger charge is 2.06. The SMILES string of the molecule is O=C(C=Cc1ccc(F)cc1)OCn1nnc2ccccc2c1=O. The molecule has 3 rings (SSSR count). The number of fused-ring (bicyclic) bond motifs is 1. The molecule has 0 saturated heterocycles. The van der Waals surface area contributed by atoms with E-state index in [0.717, 1.165) is 4.68 Å². The van der Waals surface area contributed by atoms with Gasteiger partial charge in [0.05, 0.1) is 5.39 Å². The van der Waals surface area contributed by atoms with Crippen molar-refractivity contribution in [1.29, 1.82) is 0 Å². The van der Waals surface area contributed by atoms with E-state index >= 15 is 0 Å². The Hall–Kier alpha value is -3.35. The first-order valence-electron chi connectivity index (χ1n) is 7.06. The Morgan fingerprint density at radius 1 is 1.17 bits per heavy atom. The first-order chi connectivity index (χ1) is 11.6. The third-order valence-electron chi connectivity index (χ3n) is 3.24. The fraction of sp³-hybridized carbons (Fsp3) is 0.0588. The van der Waals surface area contributed by atoms with Crippen molar-refractivity contribution in [2.24, 2.45) is 0 Å². The molecule has 6 nitrogen and oxygen atoms in total. The summed E-state index contributed by atoms with van der Waals surface area (Å²) in [6, 6.07) is 12.4. The predicted molar refractivity (Wildman–Crippen MR) is 85.3 cm³/mol. The van der Waals surface area contributed by atoms with Crippen LogP contribution in [0.5, 0.6) is 0 Å². The van der Waals surface area contributed by atoms with Crippen molar-refractivity contribution in [2.45, 2.75) is 6.73 Å². The Kier molecular flexibility index (Phi) is 4.42. The zero-order valence-corrected chi connectivity index (χ0v) is 12.4. The van der Waals surface area contributed by atoms with Crippen molar-refractivity contribution < 1.29 is 13.9 Å². The predicted octanol–water partition coefficient (Wildman–Crippen LogP) is 2.14. The van der Waals surface area contributed by atoms with Crippen LogP contribution in [0.4, 0.5) is 4.39 Å². The van der Waals surface area contributed by atoms with E-state index in [9.17, 15) is 14.0 Å². The number of ether oxygens (including phenoxy) is 1. The summed E-state index contributed by atoms with van der Waals surface area (Å²) in [5, 5.41) is 8.00. The molecule has 0 aliphatic carbocycles. The molecule has 0 unspecified atom stereocenters. The van der Waals surface area contributed by atoms with Crippen LogP contribution >= 0.6 is 0 Å². The van der Waals surface area contributed by atoms with E-state index in [0.29, 0.717) is 16.5 Å². The van der Waals surface area contributed by atoms with Gasteiger partial charge in [0.1, 0.15) is 11.3 Å². The van der Waals surface area contributed by atoms with Gasteiger partial charge >= 0.3 is 5.97 Å². The van der Waals surface area contributed by atoms with Crippen molar-refractivity contribution in [1.82, 2.24) is 15.0 Å². The van der Waals surface area contributed by atoms with Crippen LogP contribution < -0.4 is 5.56 Å². The first kappa shape index (κ1) is 15.5. The summed E-state index contributed by atoms with van der Waals surface area (Å²) >= 11 is 0. The molecule has 0 spiro atoms. The van der Waals surface area contributed by atoms with Crippen LogP contribution in [0.25, 0.3) is 17.0 Å². The van der Waals surface area contributed by atoms with E-state index < -0.39 is 11.5 Å². The smallest absolute Gasteiger partial charge is 0.332 e. The van der Waals surface area contributed by atoms with Crippen LogP contribution in [0.1, 0.15) is 5.56 Å². The van der Waals surface area contributed by atoms with E-state index in [4.69, 9.17) is 4.74 Å². The highest BCUT2D eigenvalue weighted by molar-refractivity contribution is 5.86. The van der Waals surface area contributed by atoms with E-state index in [1.165, 1.54) is 36.4 Å². The lowest BCUT2D eigenvalue weighted by Gasteiger charge is -2.04. The van der Waals surface area contributed by atoms with Gasteiger partial charge in [-0.1, -0.05) is 29.5 Å². The summed E-state index contributed by atoms with van der Waals surface area (Å²) < 4.78 is 18.7. The van der Waals surface area contributed by atoms with Crippen molar-refractivity contribution in [3.63, 3.8) is 0 Å². The maximum Gasteiger partial charge on any atom is 0.332 e. The minimum absolute atomic E-state index is 0.344. The average molecular weight is 325 g/mol. The van der Waals surface area contributed by atoms with Gasteiger partial charge < -0.3 is 4.74 Å². The highest BCUT2D eigenvalue weighted by Crippen LogP contribution is 2.05. The number of nitrogens with zero attached hydrogens (tertiary/aromatic N) is 3. The molecule has 7 heteroatoms. The fourth-order valence-electron chi connectivity index (χ4n) is 2.02. The Balaban J connectivity index is 1.67. The van der Waals surface area contributed by atoms with Gasteiger partial charge in [-0.2, -0.15) is 4.68 Å². The second kappa shape index (κ2) is 6.82. The molecule has 0 aliphatic heterocycles. The molecule has 0 fully saturated rings. The van der Waals surface area contributed by atoms with Gasteiger partial charge in [0.15, 0.2) is 6.73 Å². The van der Waals surface area contributed by atoms with E-state index in [1.54, 1.807) is 24.3 Å². The molecule has 120 valence electrons. The molecule has 1 heterocycles. The number of hydrogen-bond acceptors (Lipinski definition) is 5. The van der Waals surface area contributed by atoms with Crippen LogP contribution in [0.15, 0.2) is 59.4 Å². The highest BCUT2D eigenvalue weighted by atomic mass is 19.1. The largest absolute Gasteiger partial charge is 0.439 e. The molecule has 3 aromatic rings. The second-order valence-electron chi connectivity index (χ2n) is 4.89.